The van der Waals surface area contributed by atoms with Crippen LogP contribution in [0.3, 0.4) is 0 Å². The lowest BCUT2D eigenvalue weighted by Gasteiger charge is -2.10. The summed E-state index contributed by atoms with van der Waals surface area (Å²) in [6.45, 7) is 2.37. The Bertz CT molecular complexity index is 748. The second-order valence-corrected chi connectivity index (χ2v) is 6.74. The first-order chi connectivity index (χ1) is 9.94. The number of pyridine rings is 1. The van der Waals surface area contributed by atoms with Gasteiger partial charge in [0.1, 0.15) is 4.90 Å². The second-order valence-electron chi connectivity index (χ2n) is 4.60. The van der Waals surface area contributed by atoms with Gasteiger partial charge in [0, 0.05) is 25.5 Å². The molecule has 0 spiro atoms. The molecule has 0 radical (unpaired) electrons. The van der Waals surface area contributed by atoms with Gasteiger partial charge in [0.2, 0.25) is 10.0 Å². The summed E-state index contributed by atoms with van der Waals surface area (Å²) >= 11 is 6.02. The van der Waals surface area contributed by atoms with E-state index in [1.807, 2.05) is 6.92 Å². The maximum atomic E-state index is 12.3. The lowest BCUT2D eigenvalue weighted by atomic mass is 10.2. The van der Waals surface area contributed by atoms with Gasteiger partial charge in [0.05, 0.1) is 5.02 Å². The first-order valence-electron chi connectivity index (χ1n) is 6.31. The van der Waals surface area contributed by atoms with Gasteiger partial charge in [-0.1, -0.05) is 17.7 Å². The van der Waals surface area contributed by atoms with Crippen LogP contribution in [0.2, 0.25) is 5.02 Å². The molecule has 21 heavy (non-hydrogen) atoms. The van der Waals surface area contributed by atoms with Crippen molar-refractivity contribution in [2.75, 3.05) is 0 Å². The van der Waals surface area contributed by atoms with E-state index in [9.17, 15) is 8.42 Å². The monoisotopic (exact) mass is 325 g/mol. The zero-order valence-corrected chi connectivity index (χ0v) is 13.1. The van der Waals surface area contributed by atoms with Crippen LogP contribution in [0.4, 0.5) is 0 Å². The Labute approximate surface area is 129 Å². The van der Waals surface area contributed by atoms with Crippen molar-refractivity contribution in [2.45, 2.75) is 24.9 Å². The molecule has 0 aliphatic heterocycles. The minimum absolute atomic E-state index is 0.0491. The van der Waals surface area contributed by atoms with E-state index in [0.717, 1.165) is 16.7 Å². The molecule has 0 fully saturated rings. The summed E-state index contributed by atoms with van der Waals surface area (Å²) in [5.74, 6) is 0. The van der Waals surface area contributed by atoms with Crippen LogP contribution in [0, 0.1) is 6.92 Å². The van der Waals surface area contributed by atoms with E-state index in [0.29, 0.717) is 6.54 Å². The molecular formula is C14H16ClN3O2S. The lowest BCUT2D eigenvalue weighted by Crippen LogP contribution is -2.24. The Hall–Kier alpha value is -1.47. The van der Waals surface area contributed by atoms with Crippen LogP contribution in [0.25, 0.3) is 0 Å². The van der Waals surface area contributed by atoms with Crippen LogP contribution >= 0.6 is 11.6 Å². The quantitative estimate of drug-likeness (QED) is 0.880. The van der Waals surface area contributed by atoms with Gasteiger partial charge in [-0.3, -0.25) is 4.98 Å². The molecule has 5 nitrogen and oxygen atoms in total. The molecule has 3 N–H and O–H groups in total. The summed E-state index contributed by atoms with van der Waals surface area (Å²) in [7, 11) is -3.67. The summed E-state index contributed by atoms with van der Waals surface area (Å²) in [6, 6.07) is 6.45. The van der Waals surface area contributed by atoms with Crippen molar-refractivity contribution in [2.24, 2.45) is 5.73 Å². The molecule has 7 heteroatoms. The van der Waals surface area contributed by atoms with Crippen molar-refractivity contribution < 1.29 is 8.42 Å². The van der Waals surface area contributed by atoms with E-state index in [-0.39, 0.29) is 16.5 Å². The Kier molecular flexibility index (Phi) is 4.95. The highest BCUT2D eigenvalue weighted by Gasteiger charge is 2.18. The molecular weight excluding hydrogens is 310 g/mol. The van der Waals surface area contributed by atoms with Gasteiger partial charge in [-0.15, -0.1) is 0 Å². The second kappa shape index (κ2) is 6.53. The average molecular weight is 326 g/mol. The Morgan fingerprint density at radius 1 is 1.33 bits per heavy atom. The third-order valence-corrected chi connectivity index (χ3v) is 4.99. The van der Waals surface area contributed by atoms with Gasteiger partial charge in [-0.2, -0.15) is 0 Å². The smallest absolute Gasteiger partial charge is 0.242 e. The number of nitrogens with zero attached hydrogens (tertiary/aromatic N) is 1. The largest absolute Gasteiger partial charge is 0.326 e. The highest BCUT2D eigenvalue weighted by Crippen LogP contribution is 2.22. The number of sulfonamides is 1. The average Bonchev–Trinajstić information content (AvgIpc) is 2.46. The fourth-order valence-corrected chi connectivity index (χ4v) is 3.41. The van der Waals surface area contributed by atoms with Gasteiger partial charge in [0.15, 0.2) is 0 Å². The maximum Gasteiger partial charge on any atom is 0.242 e. The number of rotatable bonds is 5. The number of nitrogens with one attached hydrogen (secondary N) is 1. The third kappa shape index (κ3) is 3.79. The SMILES string of the molecule is Cc1cnccc1CNS(=O)(=O)c1ccc(CN)cc1Cl. The number of aromatic nitrogens is 1. The van der Waals surface area contributed by atoms with E-state index in [4.69, 9.17) is 17.3 Å². The van der Waals surface area contributed by atoms with Gasteiger partial charge in [-0.05, 0) is 41.8 Å². The van der Waals surface area contributed by atoms with Crippen molar-refractivity contribution in [3.8, 4) is 0 Å². The molecule has 2 rings (SSSR count). The van der Waals surface area contributed by atoms with Crippen molar-refractivity contribution in [1.29, 1.82) is 0 Å². The number of halogens is 1. The van der Waals surface area contributed by atoms with Gasteiger partial charge >= 0.3 is 0 Å². The molecule has 0 saturated carbocycles. The standard InChI is InChI=1S/C14H16ClN3O2S/c1-10-8-17-5-4-12(10)9-18-21(19,20)14-3-2-11(7-16)6-13(14)15/h2-6,8,18H,7,9,16H2,1H3. The molecule has 1 aromatic carbocycles. The van der Waals surface area contributed by atoms with E-state index >= 15 is 0 Å². The summed E-state index contributed by atoms with van der Waals surface area (Å²) in [5, 5.41) is 0.164. The van der Waals surface area contributed by atoms with E-state index in [2.05, 4.69) is 9.71 Å². The molecule has 0 bridgehead atoms. The van der Waals surface area contributed by atoms with Crippen LogP contribution in [-0.2, 0) is 23.1 Å². The van der Waals surface area contributed by atoms with Crippen molar-refractivity contribution in [3.05, 3.63) is 58.4 Å². The Morgan fingerprint density at radius 2 is 2.10 bits per heavy atom. The predicted molar refractivity (Wildman–Crippen MR) is 82.3 cm³/mol. The number of aryl methyl sites for hydroxylation is 1. The number of benzene rings is 1. The highest BCUT2D eigenvalue weighted by atomic mass is 35.5. The molecule has 0 aliphatic carbocycles. The van der Waals surface area contributed by atoms with Gasteiger partial charge in [0.25, 0.3) is 0 Å². The van der Waals surface area contributed by atoms with Crippen LogP contribution in [-0.4, -0.2) is 13.4 Å². The van der Waals surface area contributed by atoms with E-state index in [1.54, 1.807) is 30.6 Å². The van der Waals surface area contributed by atoms with Crippen molar-refractivity contribution in [1.82, 2.24) is 9.71 Å². The topological polar surface area (TPSA) is 85.1 Å². The van der Waals surface area contributed by atoms with Gasteiger partial charge in [-0.25, -0.2) is 13.1 Å². The molecule has 1 heterocycles. The van der Waals surface area contributed by atoms with E-state index < -0.39 is 10.0 Å². The summed E-state index contributed by atoms with van der Waals surface area (Å²) in [6.07, 6.45) is 3.31. The molecule has 0 amide bonds. The number of hydrogen-bond acceptors (Lipinski definition) is 4. The molecule has 112 valence electrons. The van der Waals surface area contributed by atoms with E-state index in [1.165, 1.54) is 6.07 Å². The summed E-state index contributed by atoms with van der Waals surface area (Å²) in [4.78, 5) is 4.02. The molecule has 0 saturated heterocycles. The summed E-state index contributed by atoms with van der Waals surface area (Å²) in [5.41, 5.74) is 8.07. The number of hydrogen-bond donors (Lipinski definition) is 2. The minimum atomic E-state index is -3.67. The molecule has 2 aromatic rings. The fraction of sp³-hybridized carbons (Fsp3) is 0.214. The molecule has 1 aromatic heterocycles. The van der Waals surface area contributed by atoms with Gasteiger partial charge < -0.3 is 5.73 Å². The Balaban J connectivity index is 2.21. The molecule has 0 aliphatic rings. The predicted octanol–water partition coefficient (Wildman–Crippen LogP) is 1.98. The van der Waals surface area contributed by atoms with Crippen molar-refractivity contribution >= 4 is 21.6 Å². The molecule has 0 atom stereocenters. The fourth-order valence-electron chi connectivity index (χ4n) is 1.84. The van der Waals surface area contributed by atoms with Crippen LogP contribution in [0.15, 0.2) is 41.6 Å². The van der Waals surface area contributed by atoms with Crippen molar-refractivity contribution in [3.63, 3.8) is 0 Å². The minimum Gasteiger partial charge on any atom is -0.326 e. The zero-order valence-electron chi connectivity index (χ0n) is 11.5. The van der Waals surface area contributed by atoms with Crippen LogP contribution in [0.1, 0.15) is 16.7 Å². The summed E-state index contributed by atoms with van der Waals surface area (Å²) < 4.78 is 27.1. The zero-order chi connectivity index (χ0) is 15.5. The number of nitrogens with two attached hydrogens (primary N) is 1. The Morgan fingerprint density at radius 3 is 2.71 bits per heavy atom. The normalized spacial score (nSPS) is 11.6. The highest BCUT2D eigenvalue weighted by molar-refractivity contribution is 7.89. The maximum absolute atomic E-state index is 12.3. The third-order valence-electron chi connectivity index (χ3n) is 3.11. The lowest BCUT2D eigenvalue weighted by molar-refractivity contribution is 0.581. The van der Waals surface area contributed by atoms with Crippen LogP contribution < -0.4 is 10.5 Å². The first kappa shape index (κ1) is 15.9. The van der Waals surface area contributed by atoms with Crippen LogP contribution in [0.5, 0.6) is 0 Å². The molecule has 0 unspecified atom stereocenters. The first-order valence-corrected chi connectivity index (χ1v) is 8.18.